The summed E-state index contributed by atoms with van der Waals surface area (Å²) in [6.45, 7) is 6.74. The molecule has 4 nitrogen and oxygen atoms in total. The molecule has 0 radical (unpaired) electrons. The van der Waals surface area contributed by atoms with E-state index in [0.717, 1.165) is 11.1 Å². The number of halogens is 1. The van der Waals surface area contributed by atoms with E-state index in [1.54, 1.807) is 11.0 Å². The van der Waals surface area contributed by atoms with Gasteiger partial charge in [-0.1, -0.05) is 6.07 Å². The molecule has 0 aliphatic carbocycles. The molecule has 0 aromatic heterocycles. The SMILES string of the molecule is Cc1ccc(F)cc1CNC(C)C(=O)N1CCOCC1. The molecule has 110 valence electrons. The van der Waals surface area contributed by atoms with Gasteiger partial charge in [0.2, 0.25) is 5.91 Å². The van der Waals surface area contributed by atoms with Gasteiger partial charge in [-0.2, -0.15) is 0 Å². The summed E-state index contributed by atoms with van der Waals surface area (Å²) in [5.74, 6) is -0.179. The first kappa shape index (κ1) is 14.9. The Bertz CT molecular complexity index is 473. The standard InChI is InChI=1S/C15H21FN2O2/c1-11-3-4-14(16)9-13(11)10-17-12(2)15(19)18-5-7-20-8-6-18/h3-4,9,12,17H,5-8,10H2,1-2H3. The van der Waals surface area contributed by atoms with Crippen molar-refractivity contribution in [2.45, 2.75) is 26.4 Å². The Kier molecular flexibility index (Phi) is 5.09. The van der Waals surface area contributed by atoms with Crippen molar-refractivity contribution in [3.8, 4) is 0 Å². The number of rotatable bonds is 4. The summed E-state index contributed by atoms with van der Waals surface area (Å²) in [5.41, 5.74) is 1.90. The zero-order chi connectivity index (χ0) is 14.5. The third kappa shape index (κ3) is 3.77. The van der Waals surface area contributed by atoms with Crippen LogP contribution in [0, 0.1) is 12.7 Å². The predicted octanol–water partition coefficient (Wildman–Crippen LogP) is 1.47. The van der Waals surface area contributed by atoms with Gasteiger partial charge in [-0.3, -0.25) is 4.79 Å². The van der Waals surface area contributed by atoms with Crippen molar-refractivity contribution in [2.24, 2.45) is 0 Å². The quantitative estimate of drug-likeness (QED) is 0.908. The van der Waals surface area contributed by atoms with Crippen molar-refractivity contribution in [2.75, 3.05) is 26.3 Å². The average molecular weight is 280 g/mol. The Morgan fingerprint density at radius 2 is 2.15 bits per heavy atom. The Hall–Kier alpha value is -1.46. The van der Waals surface area contributed by atoms with E-state index in [4.69, 9.17) is 4.74 Å². The molecule has 2 rings (SSSR count). The van der Waals surface area contributed by atoms with Crippen LogP contribution in [-0.4, -0.2) is 43.2 Å². The molecule has 1 aromatic rings. The van der Waals surface area contributed by atoms with Crippen LogP contribution in [0.1, 0.15) is 18.1 Å². The number of morpholine rings is 1. The van der Waals surface area contributed by atoms with Crippen molar-refractivity contribution in [3.63, 3.8) is 0 Å². The van der Waals surface area contributed by atoms with Crippen molar-refractivity contribution >= 4 is 5.91 Å². The fraction of sp³-hybridized carbons (Fsp3) is 0.533. The van der Waals surface area contributed by atoms with Gasteiger partial charge in [-0.05, 0) is 37.1 Å². The summed E-state index contributed by atoms with van der Waals surface area (Å²) >= 11 is 0. The third-order valence-corrected chi connectivity index (χ3v) is 3.60. The number of benzene rings is 1. The van der Waals surface area contributed by atoms with Gasteiger partial charge in [0.05, 0.1) is 19.3 Å². The van der Waals surface area contributed by atoms with Crippen molar-refractivity contribution in [3.05, 3.63) is 35.1 Å². The van der Waals surface area contributed by atoms with Crippen LogP contribution in [-0.2, 0) is 16.1 Å². The smallest absolute Gasteiger partial charge is 0.239 e. The van der Waals surface area contributed by atoms with Crippen molar-refractivity contribution in [1.82, 2.24) is 10.2 Å². The van der Waals surface area contributed by atoms with Gasteiger partial charge in [-0.15, -0.1) is 0 Å². The van der Waals surface area contributed by atoms with Gasteiger partial charge in [0.25, 0.3) is 0 Å². The summed E-state index contributed by atoms with van der Waals surface area (Å²) in [7, 11) is 0. The van der Waals surface area contributed by atoms with E-state index in [2.05, 4.69) is 5.32 Å². The van der Waals surface area contributed by atoms with Crippen LogP contribution in [0.3, 0.4) is 0 Å². The maximum atomic E-state index is 13.2. The monoisotopic (exact) mass is 280 g/mol. The topological polar surface area (TPSA) is 41.6 Å². The molecule has 1 unspecified atom stereocenters. The van der Waals surface area contributed by atoms with Gasteiger partial charge >= 0.3 is 0 Å². The largest absolute Gasteiger partial charge is 0.378 e. The number of amides is 1. The number of ether oxygens (including phenoxy) is 1. The Morgan fingerprint density at radius 1 is 1.45 bits per heavy atom. The summed E-state index contributed by atoms with van der Waals surface area (Å²) in [5, 5.41) is 3.17. The van der Waals surface area contributed by atoms with E-state index >= 15 is 0 Å². The minimum Gasteiger partial charge on any atom is -0.378 e. The van der Waals surface area contributed by atoms with E-state index in [9.17, 15) is 9.18 Å². The molecular weight excluding hydrogens is 259 g/mol. The van der Waals surface area contributed by atoms with Gasteiger partial charge in [0.1, 0.15) is 5.82 Å². The maximum Gasteiger partial charge on any atom is 0.239 e. The van der Waals surface area contributed by atoms with Crippen molar-refractivity contribution < 1.29 is 13.9 Å². The second-order valence-electron chi connectivity index (χ2n) is 5.11. The molecule has 1 aliphatic heterocycles. The van der Waals surface area contributed by atoms with Gasteiger partial charge in [-0.25, -0.2) is 4.39 Å². The van der Waals surface area contributed by atoms with Crippen LogP contribution in [0.4, 0.5) is 4.39 Å². The Balaban J connectivity index is 1.89. The fourth-order valence-corrected chi connectivity index (χ4v) is 2.24. The number of carbonyl (C=O) groups is 1. The lowest BCUT2D eigenvalue weighted by Gasteiger charge is -2.29. The van der Waals surface area contributed by atoms with E-state index in [-0.39, 0.29) is 17.8 Å². The number of hydrogen-bond donors (Lipinski definition) is 1. The lowest BCUT2D eigenvalue weighted by molar-refractivity contribution is -0.137. The first-order valence-corrected chi connectivity index (χ1v) is 6.93. The van der Waals surface area contributed by atoms with Crippen LogP contribution < -0.4 is 5.32 Å². The number of nitrogens with one attached hydrogen (secondary N) is 1. The number of nitrogens with zero attached hydrogens (tertiary/aromatic N) is 1. The normalized spacial score (nSPS) is 17.1. The van der Waals surface area contributed by atoms with Gasteiger partial charge < -0.3 is 15.0 Å². The maximum absolute atomic E-state index is 13.2. The summed E-state index contributed by atoms with van der Waals surface area (Å²) < 4.78 is 18.4. The molecule has 0 spiro atoms. The molecule has 1 heterocycles. The lowest BCUT2D eigenvalue weighted by Crippen LogP contribution is -2.49. The summed E-state index contributed by atoms with van der Waals surface area (Å²) in [4.78, 5) is 14.0. The Labute approximate surface area is 118 Å². The van der Waals surface area contributed by atoms with Crippen LogP contribution >= 0.6 is 0 Å². The molecule has 1 N–H and O–H groups in total. The average Bonchev–Trinajstić information content (AvgIpc) is 2.48. The predicted molar refractivity (Wildman–Crippen MR) is 74.8 cm³/mol. The highest BCUT2D eigenvalue weighted by atomic mass is 19.1. The van der Waals surface area contributed by atoms with E-state index in [1.807, 2.05) is 13.8 Å². The molecule has 1 saturated heterocycles. The zero-order valence-electron chi connectivity index (χ0n) is 12.0. The molecule has 5 heteroatoms. The lowest BCUT2D eigenvalue weighted by atomic mass is 10.1. The summed E-state index contributed by atoms with van der Waals surface area (Å²) in [6, 6.07) is 4.42. The molecule has 1 aliphatic rings. The van der Waals surface area contributed by atoms with Crippen LogP contribution in [0.25, 0.3) is 0 Å². The number of carbonyl (C=O) groups excluding carboxylic acids is 1. The first-order valence-electron chi connectivity index (χ1n) is 6.93. The molecular formula is C15H21FN2O2. The third-order valence-electron chi connectivity index (χ3n) is 3.60. The zero-order valence-corrected chi connectivity index (χ0v) is 12.0. The van der Waals surface area contributed by atoms with E-state index < -0.39 is 0 Å². The highest BCUT2D eigenvalue weighted by molar-refractivity contribution is 5.81. The van der Waals surface area contributed by atoms with Crippen LogP contribution in [0.2, 0.25) is 0 Å². The molecule has 1 amide bonds. The second-order valence-corrected chi connectivity index (χ2v) is 5.11. The molecule has 20 heavy (non-hydrogen) atoms. The van der Waals surface area contributed by atoms with E-state index in [0.29, 0.717) is 32.8 Å². The van der Waals surface area contributed by atoms with Gasteiger partial charge in [0.15, 0.2) is 0 Å². The highest BCUT2D eigenvalue weighted by Crippen LogP contribution is 2.10. The molecule has 1 atom stereocenters. The van der Waals surface area contributed by atoms with Crippen LogP contribution in [0.15, 0.2) is 18.2 Å². The Morgan fingerprint density at radius 3 is 2.85 bits per heavy atom. The van der Waals surface area contributed by atoms with Gasteiger partial charge in [0, 0.05) is 19.6 Å². The second kappa shape index (κ2) is 6.81. The molecule has 0 bridgehead atoms. The first-order chi connectivity index (χ1) is 9.58. The van der Waals surface area contributed by atoms with Crippen LogP contribution in [0.5, 0.6) is 0 Å². The number of hydrogen-bond acceptors (Lipinski definition) is 3. The molecule has 1 aromatic carbocycles. The highest BCUT2D eigenvalue weighted by Gasteiger charge is 2.21. The fourth-order valence-electron chi connectivity index (χ4n) is 2.24. The van der Waals surface area contributed by atoms with E-state index in [1.165, 1.54) is 12.1 Å². The minimum absolute atomic E-state index is 0.0716. The molecule has 1 fully saturated rings. The summed E-state index contributed by atoms with van der Waals surface area (Å²) in [6.07, 6.45) is 0. The molecule has 0 saturated carbocycles. The van der Waals surface area contributed by atoms with Crippen molar-refractivity contribution in [1.29, 1.82) is 0 Å². The minimum atomic E-state index is -0.282. The number of aryl methyl sites for hydroxylation is 1.